The summed E-state index contributed by atoms with van der Waals surface area (Å²) in [5.74, 6) is 1.59. The number of esters is 1. The fourth-order valence-corrected chi connectivity index (χ4v) is 4.58. The van der Waals surface area contributed by atoms with Gasteiger partial charge in [0.15, 0.2) is 11.5 Å². The number of hydrogen-bond acceptors (Lipinski definition) is 6. The Hall–Kier alpha value is -3.48. The SMILES string of the molecule is CCCCOc1ccc2cc(CN3C(=O)CC[C@H]3C(=O)OC)c3cc(OC)c(OC)cc3c2c1. The van der Waals surface area contributed by atoms with E-state index in [4.69, 9.17) is 18.9 Å². The number of hydrogen-bond donors (Lipinski definition) is 0. The van der Waals surface area contributed by atoms with Crippen molar-refractivity contribution in [3.8, 4) is 17.2 Å². The molecule has 0 radical (unpaired) electrons. The molecule has 7 heteroatoms. The summed E-state index contributed by atoms with van der Waals surface area (Å²) in [5.41, 5.74) is 0.923. The topological polar surface area (TPSA) is 74.3 Å². The standard InChI is InChI=1S/C27H31NO6/c1-5-6-11-34-19-8-7-17-12-18(16-28-23(27(30)33-4)9-10-26(28)29)21-14-24(31-2)25(32-3)15-22(21)20(17)13-19/h7-8,12-15,23H,5-6,9-11,16H2,1-4H3/t23-/m0/s1. The molecule has 3 aromatic carbocycles. The molecule has 34 heavy (non-hydrogen) atoms. The summed E-state index contributed by atoms with van der Waals surface area (Å²) in [4.78, 5) is 26.6. The molecule has 0 aliphatic carbocycles. The van der Waals surface area contributed by atoms with Crippen molar-refractivity contribution in [3.63, 3.8) is 0 Å². The van der Waals surface area contributed by atoms with Crippen molar-refractivity contribution in [2.24, 2.45) is 0 Å². The molecule has 1 aliphatic rings. The van der Waals surface area contributed by atoms with Crippen LogP contribution in [-0.4, -0.2) is 50.8 Å². The van der Waals surface area contributed by atoms with Crippen LogP contribution in [0.4, 0.5) is 0 Å². The molecule has 0 aromatic heterocycles. The molecule has 0 bridgehead atoms. The predicted molar refractivity (Wildman–Crippen MR) is 131 cm³/mol. The van der Waals surface area contributed by atoms with E-state index in [0.29, 0.717) is 37.5 Å². The first kappa shape index (κ1) is 23.7. The zero-order valence-electron chi connectivity index (χ0n) is 20.2. The fraction of sp³-hybridized carbons (Fsp3) is 0.407. The van der Waals surface area contributed by atoms with Gasteiger partial charge < -0.3 is 23.8 Å². The fourth-order valence-electron chi connectivity index (χ4n) is 4.58. The van der Waals surface area contributed by atoms with Gasteiger partial charge in [0.1, 0.15) is 11.8 Å². The van der Waals surface area contributed by atoms with Crippen LogP contribution in [-0.2, 0) is 20.9 Å². The van der Waals surface area contributed by atoms with Crippen molar-refractivity contribution in [1.82, 2.24) is 4.90 Å². The molecule has 1 amide bonds. The summed E-state index contributed by atoms with van der Waals surface area (Å²) in [7, 11) is 4.56. The Morgan fingerprint density at radius 3 is 2.41 bits per heavy atom. The van der Waals surface area contributed by atoms with E-state index in [2.05, 4.69) is 13.0 Å². The Morgan fingerprint density at radius 2 is 1.74 bits per heavy atom. The van der Waals surface area contributed by atoms with Gasteiger partial charge in [0, 0.05) is 13.0 Å². The Morgan fingerprint density at radius 1 is 1.00 bits per heavy atom. The van der Waals surface area contributed by atoms with Gasteiger partial charge in [0.05, 0.1) is 27.9 Å². The molecule has 1 fully saturated rings. The zero-order valence-corrected chi connectivity index (χ0v) is 20.2. The molecule has 7 nitrogen and oxygen atoms in total. The number of benzene rings is 3. The van der Waals surface area contributed by atoms with Crippen molar-refractivity contribution >= 4 is 33.4 Å². The molecule has 0 spiro atoms. The van der Waals surface area contributed by atoms with Crippen LogP contribution < -0.4 is 14.2 Å². The Labute approximate surface area is 199 Å². The molecule has 0 unspecified atom stereocenters. The second kappa shape index (κ2) is 10.2. The van der Waals surface area contributed by atoms with E-state index in [1.807, 2.05) is 30.3 Å². The van der Waals surface area contributed by atoms with Gasteiger partial charge in [-0.25, -0.2) is 4.79 Å². The number of carbonyl (C=O) groups is 2. The van der Waals surface area contributed by atoms with Gasteiger partial charge in [-0.15, -0.1) is 0 Å². The van der Waals surface area contributed by atoms with E-state index in [-0.39, 0.29) is 11.9 Å². The van der Waals surface area contributed by atoms with Crippen molar-refractivity contribution in [2.45, 2.75) is 45.2 Å². The number of likely N-dealkylation sites (tertiary alicyclic amines) is 1. The van der Waals surface area contributed by atoms with E-state index >= 15 is 0 Å². The molecular weight excluding hydrogens is 434 g/mol. The molecule has 3 aromatic rings. The second-order valence-corrected chi connectivity index (χ2v) is 8.47. The molecule has 0 saturated carbocycles. The van der Waals surface area contributed by atoms with Gasteiger partial charge in [-0.05, 0) is 70.3 Å². The van der Waals surface area contributed by atoms with E-state index < -0.39 is 6.04 Å². The maximum atomic E-state index is 12.7. The second-order valence-electron chi connectivity index (χ2n) is 8.47. The monoisotopic (exact) mass is 465 g/mol. The van der Waals surface area contributed by atoms with Crippen LogP contribution in [0.5, 0.6) is 17.2 Å². The van der Waals surface area contributed by atoms with E-state index in [1.54, 1.807) is 19.1 Å². The van der Waals surface area contributed by atoms with Crippen LogP contribution in [0.2, 0.25) is 0 Å². The highest BCUT2D eigenvalue weighted by Crippen LogP contribution is 2.39. The first-order chi connectivity index (χ1) is 16.5. The Bertz CT molecular complexity index is 1220. The lowest BCUT2D eigenvalue weighted by Gasteiger charge is -2.24. The van der Waals surface area contributed by atoms with Crippen molar-refractivity contribution in [3.05, 3.63) is 42.0 Å². The molecule has 1 aliphatic heterocycles. The average Bonchev–Trinajstić information content (AvgIpc) is 3.22. The van der Waals surface area contributed by atoms with Gasteiger partial charge in [-0.1, -0.05) is 19.4 Å². The van der Waals surface area contributed by atoms with Gasteiger partial charge in [0.2, 0.25) is 5.91 Å². The van der Waals surface area contributed by atoms with Crippen molar-refractivity contribution in [1.29, 1.82) is 0 Å². The number of methoxy groups -OCH3 is 3. The van der Waals surface area contributed by atoms with Crippen LogP contribution in [0.1, 0.15) is 38.2 Å². The summed E-state index contributed by atoms with van der Waals surface area (Å²) in [6, 6.07) is 11.4. The van der Waals surface area contributed by atoms with Crippen LogP contribution in [0, 0.1) is 0 Å². The van der Waals surface area contributed by atoms with Gasteiger partial charge in [-0.2, -0.15) is 0 Å². The highest BCUT2D eigenvalue weighted by molar-refractivity contribution is 6.10. The zero-order chi connectivity index (χ0) is 24.2. The van der Waals surface area contributed by atoms with E-state index in [9.17, 15) is 9.59 Å². The summed E-state index contributed by atoms with van der Waals surface area (Å²) in [6.07, 6.45) is 2.86. The molecule has 1 saturated heterocycles. The summed E-state index contributed by atoms with van der Waals surface area (Å²) < 4.78 is 22.0. The van der Waals surface area contributed by atoms with Crippen molar-refractivity contribution < 1.29 is 28.5 Å². The molecule has 0 N–H and O–H groups in total. The third-order valence-electron chi connectivity index (χ3n) is 6.42. The average molecular weight is 466 g/mol. The van der Waals surface area contributed by atoms with E-state index in [0.717, 1.165) is 45.7 Å². The summed E-state index contributed by atoms with van der Waals surface area (Å²) >= 11 is 0. The predicted octanol–water partition coefficient (Wildman–Crippen LogP) is 4.85. The smallest absolute Gasteiger partial charge is 0.328 e. The lowest BCUT2D eigenvalue weighted by molar-refractivity contribution is -0.149. The van der Waals surface area contributed by atoms with Crippen LogP contribution in [0.15, 0.2) is 36.4 Å². The normalized spacial score (nSPS) is 15.7. The number of rotatable bonds is 9. The highest BCUT2D eigenvalue weighted by Gasteiger charge is 2.37. The number of nitrogens with zero attached hydrogens (tertiary/aromatic N) is 1. The number of amides is 1. The minimum Gasteiger partial charge on any atom is -0.494 e. The number of carbonyl (C=O) groups excluding carboxylic acids is 2. The van der Waals surface area contributed by atoms with E-state index in [1.165, 1.54) is 7.11 Å². The first-order valence-electron chi connectivity index (χ1n) is 11.6. The van der Waals surface area contributed by atoms with Crippen LogP contribution in [0.25, 0.3) is 21.5 Å². The first-order valence-corrected chi connectivity index (χ1v) is 11.6. The lowest BCUT2D eigenvalue weighted by atomic mass is 9.96. The minimum absolute atomic E-state index is 0.0520. The maximum Gasteiger partial charge on any atom is 0.328 e. The van der Waals surface area contributed by atoms with Gasteiger partial charge >= 0.3 is 5.97 Å². The minimum atomic E-state index is -0.572. The quantitative estimate of drug-likeness (QED) is 0.255. The molecular formula is C27H31NO6. The number of unbranched alkanes of at least 4 members (excludes halogenated alkanes) is 1. The third-order valence-corrected chi connectivity index (χ3v) is 6.42. The lowest BCUT2D eigenvalue weighted by Crippen LogP contribution is -2.38. The number of fused-ring (bicyclic) bond motifs is 3. The largest absolute Gasteiger partial charge is 0.494 e. The highest BCUT2D eigenvalue weighted by atomic mass is 16.5. The molecule has 180 valence electrons. The summed E-state index contributed by atoms with van der Waals surface area (Å²) in [5, 5.41) is 3.93. The molecule has 1 atom stereocenters. The summed E-state index contributed by atoms with van der Waals surface area (Å²) in [6.45, 7) is 3.10. The van der Waals surface area contributed by atoms with Gasteiger partial charge in [0.25, 0.3) is 0 Å². The van der Waals surface area contributed by atoms with Crippen molar-refractivity contribution in [2.75, 3.05) is 27.9 Å². The van der Waals surface area contributed by atoms with Gasteiger partial charge in [-0.3, -0.25) is 4.79 Å². The maximum absolute atomic E-state index is 12.7. The number of ether oxygens (including phenoxy) is 4. The Balaban J connectivity index is 1.86. The van der Waals surface area contributed by atoms with Crippen LogP contribution in [0.3, 0.4) is 0 Å². The third kappa shape index (κ3) is 4.47. The Kier molecular flexibility index (Phi) is 7.10. The molecule has 1 heterocycles. The van der Waals surface area contributed by atoms with Crippen LogP contribution >= 0.6 is 0 Å². The molecule has 4 rings (SSSR count).